The van der Waals surface area contributed by atoms with E-state index < -0.39 is 34.7 Å². The number of fused-ring (bicyclic) bond motifs is 2. The molecule has 12 nitrogen and oxygen atoms in total. The van der Waals surface area contributed by atoms with Crippen molar-refractivity contribution in [3.63, 3.8) is 0 Å². The van der Waals surface area contributed by atoms with Crippen LogP contribution in [0.3, 0.4) is 0 Å². The van der Waals surface area contributed by atoms with Crippen LogP contribution in [-0.2, 0) is 0 Å². The van der Waals surface area contributed by atoms with Gasteiger partial charge in [-0.2, -0.15) is 0 Å². The second-order valence-corrected chi connectivity index (χ2v) is 14.0. The number of aliphatic hydroxyl groups excluding tert-OH is 1. The van der Waals surface area contributed by atoms with Crippen LogP contribution in [0.2, 0.25) is 5.02 Å². The fraction of sp³-hybridized carbons (Fsp3) is 0.342. The van der Waals surface area contributed by atoms with Gasteiger partial charge in [-0.3, -0.25) is 9.59 Å². The molecule has 52 heavy (non-hydrogen) atoms. The zero-order valence-corrected chi connectivity index (χ0v) is 29.1. The molecule has 2 atom stereocenters. The number of carboxylic acid groups (broad SMARTS) is 1. The van der Waals surface area contributed by atoms with E-state index in [2.05, 4.69) is 5.32 Å². The summed E-state index contributed by atoms with van der Waals surface area (Å²) in [5.41, 5.74) is 0.651. The Morgan fingerprint density at radius 2 is 1.73 bits per heavy atom. The fourth-order valence-electron chi connectivity index (χ4n) is 7.21. The maximum atomic E-state index is 14.6. The molecule has 0 unspecified atom stereocenters. The lowest BCUT2D eigenvalue weighted by Gasteiger charge is -2.34. The molecule has 14 heteroatoms. The Morgan fingerprint density at radius 3 is 2.40 bits per heavy atom. The minimum Gasteiger partial charge on any atom is -0.507 e. The summed E-state index contributed by atoms with van der Waals surface area (Å²) in [4.78, 5) is 40.5. The van der Waals surface area contributed by atoms with Gasteiger partial charge < -0.3 is 44.5 Å². The van der Waals surface area contributed by atoms with Gasteiger partial charge in [0.25, 0.3) is 0 Å². The van der Waals surface area contributed by atoms with Crippen molar-refractivity contribution < 1.29 is 34.0 Å². The van der Waals surface area contributed by atoms with Crippen LogP contribution in [0.5, 0.6) is 11.5 Å². The van der Waals surface area contributed by atoms with Gasteiger partial charge in [0, 0.05) is 79.5 Å². The van der Waals surface area contributed by atoms with Gasteiger partial charge in [0.1, 0.15) is 39.6 Å². The van der Waals surface area contributed by atoms with Crippen molar-refractivity contribution in [2.45, 2.75) is 37.3 Å². The number of nitrogens with zero attached hydrogens (tertiary/aromatic N) is 3. The average molecular weight is 733 g/mol. The molecule has 0 bridgehead atoms. The average Bonchev–Trinajstić information content (AvgIpc) is 3.95. The van der Waals surface area contributed by atoms with Crippen LogP contribution < -0.4 is 21.1 Å². The monoisotopic (exact) mass is 732 g/mol. The molecule has 0 spiro atoms. The molecule has 4 heterocycles. The van der Waals surface area contributed by atoms with Gasteiger partial charge >= 0.3 is 5.97 Å². The molecule has 0 amide bonds. The lowest BCUT2D eigenvalue weighted by molar-refractivity contribution is 0.0630. The molecular formula is C38H38ClFN4O8. The van der Waals surface area contributed by atoms with Crippen molar-refractivity contribution >= 4 is 45.1 Å². The third-order valence-corrected chi connectivity index (χ3v) is 10.4. The number of likely N-dealkylation sites (tertiary alicyclic amines) is 1. The number of β-amino-alcohol motifs (C(OH)–C–C–N with tert-alkyl or cyclic N) is 1. The normalized spacial score (nSPS) is 19.4. The number of hydrogen-bond donors (Lipinski definition) is 5. The quantitative estimate of drug-likeness (QED) is 0.167. The van der Waals surface area contributed by atoms with Crippen LogP contribution in [-0.4, -0.2) is 88.3 Å². The maximum absolute atomic E-state index is 14.6. The summed E-state index contributed by atoms with van der Waals surface area (Å²) < 4.78 is 22.4. The minimum absolute atomic E-state index is 0.0188. The van der Waals surface area contributed by atoms with Crippen molar-refractivity contribution in [3.8, 4) is 22.8 Å². The minimum atomic E-state index is -1.28. The Bertz CT molecular complexity index is 2320. The van der Waals surface area contributed by atoms with Crippen molar-refractivity contribution in [3.05, 3.63) is 97.1 Å². The first-order chi connectivity index (χ1) is 24.9. The number of phenols is 2. The molecule has 1 saturated carbocycles. The van der Waals surface area contributed by atoms with Gasteiger partial charge in [-0.15, -0.1) is 0 Å². The molecule has 272 valence electrons. The predicted octanol–water partition coefficient (Wildman–Crippen LogP) is 4.89. The molecular weight excluding hydrogens is 695 g/mol. The van der Waals surface area contributed by atoms with E-state index >= 15 is 0 Å². The molecule has 8 rings (SSSR count). The van der Waals surface area contributed by atoms with Gasteiger partial charge in [0.05, 0.1) is 22.3 Å². The number of carbonyl (C=O) groups is 1. The number of carboxylic acids is 1. The molecule has 5 N–H and O–H groups in total. The predicted molar refractivity (Wildman–Crippen MR) is 196 cm³/mol. The number of nitrogens with one attached hydrogen (secondary N) is 1. The number of rotatable bonds is 5. The van der Waals surface area contributed by atoms with Gasteiger partial charge in [-0.25, -0.2) is 9.18 Å². The number of aromatic nitrogens is 1. The Balaban J connectivity index is 0.000000164. The number of likely N-dealkylation sites (N-methyl/N-ethyl adjacent to an activating group) is 1. The summed E-state index contributed by atoms with van der Waals surface area (Å²) in [5, 5.41) is 44.4. The first-order valence-corrected chi connectivity index (χ1v) is 17.5. The summed E-state index contributed by atoms with van der Waals surface area (Å²) in [6.45, 7) is 4.11. The molecule has 3 fully saturated rings. The highest BCUT2D eigenvalue weighted by Gasteiger charge is 2.33. The van der Waals surface area contributed by atoms with Crippen molar-refractivity contribution in [1.29, 1.82) is 0 Å². The van der Waals surface area contributed by atoms with Crippen LogP contribution in [0.25, 0.3) is 33.2 Å². The first kappa shape index (κ1) is 35.5. The zero-order valence-electron chi connectivity index (χ0n) is 28.3. The van der Waals surface area contributed by atoms with Gasteiger partial charge in [0.2, 0.25) is 5.43 Å². The third-order valence-electron chi connectivity index (χ3n) is 10.0. The lowest BCUT2D eigenvalue weighted by atomic mass is 9.85. The fourth-order valence-corrected chi connectivity index (χ4v) is 7.44. The Hall–Kier alpha value is -4.95. The van der Waals surface area contributed by atoms with Crippen LogP contribution in [0.1, 0.15) is 47.1 Å². The highest BCUT2D eigenvalue weighted by atomic mass is 35.5. The third kappa shape index (κ3) is 6.72. The molecule has 2 saturated heterocycles. The number of halogens is 2. The molecule has 5 aromatic rings. The Labute approximate surface area is 301 Å². The van der Waals surface area contributed by atoms with E-state index in [0.29, 0.717) is 53.4 Å². The number of benzene rings is 3. The van der Waals surface area contributed by atoms with E-state index in [4.69, 9.17) is 16.0 Å². The maximum Gasteiger partial charge on any atom is 0.341 e. The molecule has 2 aromatic heterocycles. The van der Waals surface area contributed by atoms with E-state index in [9.17, 15) is 39.2 Å². The van der Waals surface area contributed by atoms with E-state index in [-0.39, 0.29) is 45.2 Å². The van der Waals surface area contributed by atoms with Crippen LogP contribution in [0.15, 0.2) is 68.7 Å². The van der Waals surface area contributed by atoms with Crippen LogP contribution in [0, 0.1) is 5.82 Å². The number of aromatic carboxylic acids is 1. The number of aromatic hydroxyl groups is 2. The van der Waals surface area contributed by atoms with E-state index in [1.807, 2.05) is 21.4 Å². The highest BCUT2D eigenvalue weighted by Crippen LogP contribution is 2.43. The number of pyridine rings is 1. The van der Waals surface area contributed by atoms with E-state index in [1.54, 1.807) is 30.3 Å². The summed E-state index contributed by atoms with van der Waals surface area (Å²) in [6, 6.07) is 12.4. The van der Waals surface area contributed by atoms with Crippen LogP contribution in [0.4, 0.5) is 10.1 Å². The topological polar surface area (TPSA) is 169 Å². The van der Waals surface area contributed by atoms with Gasteiger partial charge in [-0.05, 0) is 57.1 Å². The largest absolute Gasteiger partial charge is 0.507 e. The second-order valence-electron chi connectivity index (χ2n) is 13.6. The van der Waals surface area contributed by atoms with Gasteiger partial charge in [0.15, 0.2) is 5.43 Å². The number of piperidine rings is 1. The number of hydrogen-bond acceptors (Lipinski definition) is 10. The number of anilines is 1. The molecule has 0 radical (unpaired) electrons. The highest BCUT2D eigenvalue weighted by molar-refractivity contribution is 6.33. The summed E-state index contributed by atoms with van der Waals surface area (Å²) in [6.07, 6.45) is 3.12. The number of aliphatic hydroxyl groups is 1. The molecule has 1 aliphatic carbocycles. The molecule has 2 aliphatic heterocycles. The van der Waals surface area contributed by atoms with E-state index in [1.165, 1.54) is 18.3 Å². The molecule has 3 aliphatic rings. The Morgan fingerprint density at radius 1 is 1.00 bits per heavy atom. The summed E-state index contributed by atoms with van der Waals surface area (Å²) in [5.74, 6) is -2.52. The number of phenolic OH excluding ortho intramolecular Hbond substituents is 2. The smallest absolute Gasteiger partial charge is 0.341 e. The van der Waals surface area contributed by atoms with Crippen molar-refractivity contribution in [2.24, 2.45) is 0 Å². The van der Waals surface area contributed by atoms with Gasteiger partial charge in [-0.1, -0.05) is 23.7 Å². The summed E-state index contributed by atoms with van der Waals surface area (Å²) in [7, 11) is 1.91. The lowest BCUT2D eigenvalue weighted by Crippen LogP contribution is -2.43. The SMILES string of the molecule is CN1CC[C@@H](c2c(O)cc(O)c3c(=O)cc(-c4ccccc4Cl)oc23)[C@@H](O)C1.O=C(O)c1cn(C2CC2)c2cc(N3CCNCC3)c(F)cc2c1=O. The van der Waals surface area contributed by atoms with Crippen molar-refractivity contribution in [2.75, 3.05) is 51.2 Å². The second kappa shape index (κ2) is 14.2. The standard InChI is InChI=1S/C21H20ClNO5.C17H18FN3O3/c1-23-7-6-12(17(27)10-23)19-14(24)8-15(25)20-16(26)9-18(28-21(19)20)11-4-2-3-5-13(11)22;18-13-7-11-14(8-15(13)20-5-3-19-4-6-20)21(10-1-2-10)9-12(16(11)22)17(23)24/h2-5,8-9,12,17,24-25,27H,6-7,10H2,1H3;7-10,19H,1-6H2,(H,23,24)/t12-,17+;/m1./s1. The molecule has 3 aromatic carbocycles. The number of piperazine rings is 1. The van der Waals surface area contributed by atoms with Crippen molar-refractivity contribution in [1.82, 2.24) is 14.8 Å². The van der Waals surface area contributed by atoms with Crippen LogP contribution >= 0.6 is 11.6 Å². The summed E-state index contributed by atoms with van der Waals surface area (Å²) >= 11 is 6.25. The Kier molecular flexibility index (Phi) is 9.70. The zero-order chi connectivity index (χ0) is 36.8. The van der Waals surface area contributed by atoms with E-state index in [0.717, 1.165) is 38.5 Å². The first-order valence-electron chi connectivity index (χ1n) is 17.1.